The maximum atomic E-state index is 5.26. The Kier molecular flexibility index (Phi) is 4.08. The third-order valence-corrected chi connectivity index (χ3v) is 4.59. The second-order valence-corrected chi connectivity index (χ2v) is 6.14. The molecule has 1 fully saturated rings. The number of hydrogen-bond donors (Lipinski definition) is 0. The highest BCUT2D eigenvalue weighted by atomic mass is 16.5. The van der Waals surface area contributed by atoms with Crippen LogP contribution in [0.4, 0.5) is 5.69 Å². The number of pyridine rings is 1. The molecular formula is C21H21N2O. The zero-order valence-electron chi connectivity index (χ0n) is 13.9. The number of nitrogens with zero attached hydrogens (tertiary/aromatic N) is 2. The van der Waals surface area contributed by atoms with Crippen molar-refractivity contribution in [1.29, 1.82) is 0 Å². The van der Waals surface area contributed by atoms with Gasteiger partial charge in [0.05, 0.1) is 18.3 Å². The highest BCUT2D eigenvalue weighted by molar-refractivity contribution is 5.94. The van der Waals surface area contributed by atoms with E-state index in [1.807, 2.05) is 12.1 Å². The normalized spacial score (nSPS) is 14.8. The molecule has 1 aliphatic rings. The molecule has 1 saturated heterocycles. The molecule has 1 aliphatic heterocycles. The van der Waals surface area contributed by atoms with Gasteiger partial charge in [0.25, 0.3) is 0 Å². The smallest absolute Gasteiger partial charge is 0.118 e. The number of piperidine rings is 1. The van der Waals surface area contributed by atoms with Gasteiger partial charge < -0.3 is 9.64 Å². The third kappa shape index (κ3) is 2.82. The first-order valence-electron chi connectivity index (χ1n) is 8.49. The van der Waals surface area contributed by atoms with Crippen molar-refractivity contribution in [2.24, 2.45) is 0 Å². The van der Waals surface area contributed by atoms with Crippen molar-refractivity contribution in [2.45, 2.75) is 19.3 Å². The van der Waals surface area contributed by atoms with Gasteiger partial charge in [-0.2, -0.15) is 0 Å². The summed E-state index contributed by atoms with van der Waals surface area (Å²) >= 11 is 0. The third-order valence-electron chi connectivity index (χ3n) is 4.59. The molecule has 121 valence electrons. The van der Waals surface area contributed by atoms with Crippen LogP contribution in [0.15, 0.2) is 54.6 Å². The second-order valence-electron chi connectivity index (χ2n) is 6.14. The summed E-state index contributed by atoms with van der Waals surface area (Å²) in [6.07, 6.45) is 3.67. The van der Waals surface area contributed by atoms with Gasteiger partial charge in [-0.25, -0.2) is 4.98 Å². The molecule has 4 rings (SSSR count). The van der Waals surface area contributed by atoms with Crippen LogP contribution in [0, 0.1) is 6.54 Å². The monoisotopic (exact) mass is 317 g/mol. The van der Waals surface area contributed by atoms with Gasteiger partial charge in [0, 0.05) is 29.7 Å². The number of para-hydroxylation sites is 1. The molecule has 0 N–H and O–H groups in total. The van der Waals surface area contributed by atoms with Gasteiger partial charge in [0.15, 0.2) is 0 Å². The number of methoxy groups -OCH3 is 1. The standard InChI is InChI=1S/C21H21N2O/c1-24-17-11-9-16(10-12-17)20-15-21(23-13-5-2-6-14-23)18-7-3-4-8-19(18)22-20/h3-4,7-13,15H,2,5-6,14H2,1H3. The Balaban J connectivity index is 1.83. The van der Waals surface area contributed by atoms with Crippen LogP contribution in [0.2, 0.25) is 0 Å². The molecule has 0 aliphatic carbocycles. The van der Waals surface area contributed by atoms with Gasteiger partial charge >= 0.3 is 0 Å². The summed E-state index contributed by atoms with van der Waals surface area (Å²) in [7, 11) is 1.69. The number of fused-ring (bicyclic) bond motifs is 1. The zero-order chi connectivity index (χ0) is 16.4. The Hall–Kier alpha value is -2.55. The summed E-state index contributed by atoms with van der Waals surface area (Å²) in [6.45, 7) is 3.40. The average Bonchev–Trinajstić information content (AvgIpc) is 2.68. The molecule has 0 atom stereocenters. The summed E-state index contributed by atoms with van der Waals surface area (Å²) in [4.78, 5) is 7.26. The minimum Gasteiger partial charge on any atom is -0.497 e. The quantitative estimate of drug-likeness (QED) is 0.675. The van der Waals surface area contributed by atoms with Crippen LogP contribution in [-0.2, 0) is 0 Å². The van der Waals surface area contributed by atoms with Crippen LogP contribution < -0.4 is 9.64 Å². The molecule has 0 spiro atoms. The molecule has 0 saturated carbocycles. The average molecular weight is 317 g/mol. The topological polar surface area (TPSA) is 25.4 Å². The Bertz CT molecular complexity index is 836. The Labute approximate surface area is 142 Å². The van der Waals surface area contributed by atoms with Crippen molar-refractivity contribution in [3.63, 3.8) is 0 Å². The molecule has 24 heavy (non-hydrogen) atoms. The van der Waals surface area contributed by atoms with E-state index >= 15 is 0 Å². The van der Waals surface area contributed by atoms with Gasteiger partial charge in [0.1, 0.15) is 5.75 Å². The predicted octanol–water partition coefficient (Wildman–Crippen LogP) is 5.06. The van der Waals surface area contributed by atoms with Gasteiger partial charge in [-0.3, -0.25) is 0 Å². The fourth-order valence-corrected chi connectivity index (χ4v) is 3.29. The summed E-state index contributed by atoms with van der Waals surface area (Å²) in [5.74, 6) is 0.865. The van der Waals surface area contributed by atoms with Crippen LogP contribution in [0.5, 0.6) is 5.75 Å². The molecule has 3 heteroatoms. The number of hydrogen-bond acceptors (Lipinski definition) is 3. The lowest BCUT2D eigenvalue weighted by atomic mass is 10.0. The highest BCUT2D eigenvalue weighted by Gasteiger charge is 2.16. The van der Waals surface area contributed by atoms with E-state index < -0.39 is 0 Å². The summed E-state index contributed by atoms with van der Waals surface area (Å²) < 4.78 is 5.26. The Morgan fingerprint density at radius 2 is 1.83 bits per heavy atom. The first-order valence-corrected chi connectivity index (χ1v) is 8.49. The number of benzene rings is 2. The minimum absolute atomic E-state index is 0.865. The van der Waals surface area contributed by atoms with Crippen LogP contribution in [0.3, 0.4) is 0 Å². The summed E-state index contributed by atoms with van der Waals surface area (Å²) in [6, 6.07) is 18.7. The lowest BCUT2D eigenvalue weighted by Gasteiger charge is -2.29. The van der Waals surface area contributed by atoms with E-state index in [0.29, 0.717) is 0 Å². The fourth-order valence-electron chi connectivity index (χ4n) is 3.29. The molecule has 0 unspecified atom stereocenters. The molecule has 2 heterocycles. The molecule has 3 nitrogen and oxygen atoms in total. The summed E-state index contributed by atoms with van der Waals surface area (Å²) in [5.41, 5.74) is 4.41. The van der Waals surface area contributed by atoms with E-state index in [4.69, 9.17) is 9.72 Å². The van der Waals surface area contributed by atoms with Gasteiger partial charge in [-0.1, -0.05) is 18.2 Å². The Morgan fingerprint density at radius 1 is 1.00 bits per heavy atom. The zero-order valence-corrected chi connectivity index (χ0v) is 13.9. The lowest BCUT2D eigenvalue weighted by Crippen LogP contribution is -2.25. The van der Waals surface area contributed by atoms with Crippen molar-refractivity contribution in [1.82, 2.24) is 4.98 Å². The Morgan fingerprint density at radius 3 is 2.58 bits per heavy atom. The molecular weight excluding hydrogens is 296 g/mol. The number of rotatable bonds is 3. The maximum Gasteiger partial charge on any atom is 0.118 e. The highest BCUT2D eigenvalue weighted by Crippen LogP contribution is 2.33. The first-order chi connectivity index (χ1) is 11.8. The molecule has 0 amide bonds. The number of ether oxygens (including phenoxy) is 1. The van der Waals surface area contributed by atoms with E-state index in [1.54, 1.807) is 7.11 Å². The van der Waals surface area contributed by atoms with Gasteiger partial charge in [-0.15, -0.1) is 0 Å². The molecule has 1 aromatic heterocycles. The van der Waals surface area contributed by atoms with Crippen molar-refractivity contribution < 1.29 is 4.74 Å². The summed E-state index contributed by atoms with van der Waals surface area (Å²) in [5, 5.41) is 1.22. The SMILES string of the molecule is COc1ccc(-c2cc(N3[CH]CCCC3)c3ccccc3n2)cc1. The van der Waals surface area contributed by atoms with Crippen molar-refractivity contribution >= 4 is 16.6 Å². The maximum absolute atomic E-state index is 5.26. The van der Waals surface area contributed by atoms with Crippen LogP contribution in [-0.4, -0.2) is 18.6 Å². The van der Waals surface area contributed by atoms with E-state index in [1.165, 1.54) is 23.9 Å². The van der Waals surface area contributed by atoms with Crippen molar-refractivity contribution in [2.75, 3.05) is 18.6 Å². The lowest BCUT2D eigenvalue weighted by molar-refractivity contribution is 0.415. The molecule has 0 bridgehead atoms. The van der Waals surface area contributed by atoms with Crippen molar-refractivity contribution in [3.8, 4) is 17.0 Å². The van der Waals surface area contributed by atoms with Gasteiger partial charge in [-0.05, 0) is 55.7 Å². The molecule has 1 radical (unpaired) electrons. The second kappa shape index (κ2) is 6.52. The van der Waals surface area contributed by atoms with E-state index in [9.17, 15) is 0 Å². The largest absolute Gasteiger partial charge is 0.497 e. The van der Waals surface area contributed by atoms with Gasteiger partial charge in [0.2, 0.25) is 0 Å². The van der Waals surface area contributed by atoms with Crippen LogP contribution in [0.25, 0.3) is 22.2 Å². The first kappa shape index (κ1) is 15.0. The minimum atomic E-state index is 0.865. The molecule has 2 aromatic carbocycles. The van der Waals surface area contributed by atoms with Crippen LogP contribution >= 0.6 is 0 Å². The number of anilines is 1. The van der Waals surface area contributed by atoms with E-state index in [-0.39, 0.29) is 0 Å². The van der Waals surface area contributed by atoms with Crippen molar-refractivity contribution in [3.05, 3.63) is 61.1 Å². The van der Waals surface area contributed by atoms with Crippen LogP contribution in [0.1, 0.15) is 19.3 Å². The fraction of sp³-hybridized carbons (Fsp3) is 0.238. The predicted molar refractivity (Wildman–Crippen MR) is 99.2 cm³/mol. The van der Waals surface area contributed by atoms with E-state index in [0.717, 1.165) is 35.5 Å². The van der Waals surface area contributed by atoms with E-state index in [2.05, 4.69) is 53.9 Å². The molecule has 3 aromatic rings. The number of aromatic nitrogens is 1.